The molecule has 0 aliphatic carbocycles. The molecule has 0 saturated carbocycles. The van der Waals surface area contributed by atoms with Gasteiger partial charge in [-0.3, -0.25) is 0 Å². The van der Waals surface area contributed by atoms with E-state index in [-0.39, 0.29) is 0 Å². The molecule has 1 N–H and O–H groups in total. The minimum Gasteiger partial charge on any atom is -0.326 e. The summed E-state index contributed by atoms with van der Waals surface area (Å²) in [6.45, 7) is 2.19. The molecule has 3 rings (SSSR count). The second-order valence-electron chi connectivity index (χ2n) is 3.79. The van der Waals surface area contributed by atoms with Gasteiger partial charge in [0.2, 0.25) is 0 Å². The van der Waals surface area contributed by atoms with Crippen LogP contribution in [0.4, 0.5) is 0 Å². The van der Waals surface area contributed by atoms with Crippen LogP contribution in [0, 0.1) is 0 Å². The Balaban J connectivity index is 2.11. The summed E-state index contributed by atoms with van der Waals surface area (Å²) in [6, 6.07) is 8.90. The zero-order valence-corrected chi connectivity index (χ0v) is 7.98. The van der Waals surface area contributed by atoms with E-state index in [1.54, 1.807) is 0 Å². The third-order valence-corrected chi connectivity index (χ3v) is 2.91. The van der Waals surface area contributed by atoms with E-state index in [1.807, 2.05) is 12.4 Å². The van der Waals surface area contributed by atoms with Crippen LogP contribution in [-0.4, -0.2) is 22.6 Å². The Morgan fingerprint density at radius 1 is 1.36 bits per heavy atom. The molecule has 0 spiro atoms. The van der Waals surface area contributed by atoms with Crippen LogP contribution < -0.4 is 5.32 Å². The molecule has 1 fully saturated rings. The van der Waals surface area contributed by atoms with Gasteiger partial charge in [0, 0.05) is 12.6 Å². The fourth-order valence-electron chi connectivity index (χ4n) is 2.15. The zero-order valence-electron chi connectivity index (χ0n) is 7.98. The van der Waals surface area contributed by atoms with Gasteiger partial charge in [0.15, 0.2) is 0 Å². The van der Waals surface area contributed by atoms with Gasteiger partial charge in [-0.05, 0) is 25.1 Å². The van der Waals surface area contributed by atoms with Crippen LogP contribution in [0.15, 0.2) is 30.6 Å². The first-order valence-electron chi connectivity index (χ1n) is 5.07. The molecule has 1 aliphatic heterocycles. The van der Waals surface area contributed by atoms with Crippen molar-refractivity contribution in [1.29, 1.82) is 0 Å². The minimum absolute atomic E-state index is 0.586. The molecule has 14 heavy (non-hydrogen) atoms. The summed E-state index contributed by atoms with van der Waals surface area (Å²) < 4.78 is 2.29. The van der Waals surface area contributed by atoms with Gasteiger partial charge in [-0.1, -0.05) is 12.1 Å². The molecule has 1 saturated heterocycles. The van der Waals surface area contributed by atoms with Gasteiger partial charge >= 0.3 is 0 Å². The van der Waals surface area contributed by atoms with E-state index >= 15 is 0 Å². The first kappa shape index (κ1) is 8.00. The summed E-state index contributed by atoms with van der Waals surface area (Å²) in [7, 11) is 0. The fourth-order valence-corrected chi connectivity index (χ4v) is 2.15. The van der Waals surface area contributed by atoms with Crippen LogP contribution in [-0.2, 0) is 0 Å². The summed E-state index contributed by atoms with van der Waals surface area (Å²) in [5.74, 6) is 0. The van der Waals surface area contributed by atoms with Gasteiger partial charge in [0.1, 0.15) is 0 Å². The third kappa shape index (κ3) is 1.13. The van der Waals surface area contributed by atoms with E-state index < -0.39 is 0 Å². The molecule has 1 aromatic heterocycles. The smallest absolute Gasteiger partial charge is 0.0961 e. The molecule has 2 aromatic rings. The van der Waals surface area contributed by atoms with Crippen molar-refractivity contribution in [3.8, 4) is 0 Å². The van der Waals surface area contributed by atoms with Gasteiger partial charge in [0.25, 0.3) is 0 Å². The molecule has 0 amide bonds. The Morgan fingerprint density at radius 3 is 3.14 bits per heavy atom. The maximum absolute atomic E-state index is 4.40. The van der Waals surface area contributed by atoms with Crippen molar-refractivity contribution >= 4 is 11.0 Å². The molecule has 1 aliphatic rings. The fraction of sp³-hybridized carbons (Fsp3) is 0.364. The monoisotopic (exact) mass is 187 g/mol. The first-order valence-corrected chi connectivity index (χ1v) is 5.07. The van der Waals surface area contributed by atoms with Crippen molar-refractivity contribution in [1.82, 2.24) is 14.9 Å². The number of hydrogen-bond donors (Lipinski definition) is 1. The second kappa shape index (κ2) is 3.10. The van der Waals surface area contributed by atoms with Crippen molar-refractivity contribution in [2.24, 2.45) is 0 Å². The number of nitrogens with one attached hydrogen (secondary N) is 1. The standard InChI is InChI=1S/C11H13N3/c1-2-4-11-10(3-1)13-8-14(11)9-5-6-12-7-9/h1-4,8-9,12H,5-7H2. The summed E-state index contributed by atoms with van der Waals surface area (Å²) >= 11 is 0. The molecule has 3 nitrogen and oxygen atoms in total. The van der Waals surface area contributed by atoms with E-state index in [0.717, 1.165) is 18.6 Å². The number of para-hydroxylation sites is 2. The largest absolute Gasteiger partial charge is 0.326 e. The van der Waals surface area contributed by atoms with Gasteiger partial charge in [-0.25, -0.2) is 4.98 Å². The highest BCUT2D eigenvalue weighted by molar-refractivity contribution is 5.75. The van der Waals surface area contributed by atoms with Crippen LogP contribution in [0.3, 0.4) is 0 Å². The van der Waals surface area contributed by atoms with Crippen LogP contribution in [0.25, 0.3) is 11.0 Å². The summed E-state index contributed by atoms with van der Waals surface area (Å²) in [5.41, 5.74) is 2.35. The normalized spacial score (nSPS) is 21.9. The highest BCUT2D eigenvalue weighted by atomic mass is 15.1. The van der Waals surface area contributed by atoms with E-state index in [9.17, 15) is 0 Å². The highest BCUT2D eigenvalue weighted by Gasteiger charge is 2.17. The van der Waals surface area contributed by atoms with Crippen LogP contribution in [0.1, 0.15) is 12.5 Å². The molecule has 3 heteroatoms. The number of benzene rings is 1. The summed E-state index contributed by atoms with van der Waals surface area (Å²) in [5, 5.41) is 3.38. The number of nitrogens with zero attached hydrogens (tertiary/aromatic N) is 2. The molecule has 1 aromatic carbocycles. The van der Waals surface area contributed by atoms with E-state index in [0.29, 0.717) is 6.04 Å². The number of aromatic nitrogens is 2. The lowest BCUT2D eigenvalue weighted by molar-refractivity contribution is 0.561. The Labute approximate surface area is 82.8 Å². The number of imidazole rings is 1. The molecule has 72 valence electrons. The lowest BCUT2D eigenvalue weighted by Crippen LogP contribution is -2.12. The van der Waals surface area contributed by atoms with Crippen molar-refractivity contribution in [2.75, 3.05) is 13.1 Å². The van der Waals surface area contributed by atoms with Gasteiger partial charge in [-0.15, -0.1) is 0 Å². The maximum atomic E-state index is 4.40. The third-order valence-electron chi connectivity index (χ3n) is 2.91. The van der Waals surface area contributed by atoms with Crippen molar-refractivity contribution < 1.29 is 0 Å². The lowest BCUT2D eigenvalue weighted by Gasteiger charge is -2.10. The first-order chi connectivity index (χ1) is 6.95. The second-order valence-corrected chi connectivity index (χ2v) is 3.79. The average Bonchev–Trinajstić information content (AvgIpc) is 2.85. The zero-order chi connectivity index (χ0) is 9.38. The Morgan fingerprint density at radius 2 is 2.29 bits per heavy atom. The van der Waals surface area contributed by atoms with Gasteiger partial charge in [0.05, 0.1) is 17.4 Å². The average molecular weight is 187 g/mol. The highest BCUT2D eigenvalue weighted by Crippen LogP contribution is 2.21. The van der Waals surface area contributed by atoms with Crippen LogP contribution >= 0.6 is 0 Å². The molecule has 0 radical (unpaired) electrons. The summed E-state index contributed by atoms with van der Waals surface area (Å²) in [4.78, 5) is 4.40. The maximum Gasteiger partial charge on any atom is 0.0961 e. The Hall–Kier alpha value is -1.35. The van der Waals surface area contributed by atoms with Gasteiger partial charge in [-0.2, -0.15) is 0 Å². The molecule has 0 bridgehead atoms. The van der Waals surface area contributed by atoms with E-state index in [1.165, 1.54) is 11.9 Å². The predicted molar refractivity (Wildman–Crippen MR) is 56.3 cm³/mol. The van der Waals surface area contributed by atoms with Gasteiger partial charge < -0.3 is 9.88 Å². The number of hydrogen-bond acceptors (Lipinski definition) is 2. The SMILES string of the molecule is c1ccc2c(c1)ncn2C1CCNC1. The molecular formula is C11H13N3. The predicted octanol–water partition coefficient (Wildman–Crippen LogP) is 1.57. The molecule has 1 unspecified atom stereocenters. The van der Waals surface area contributed by atoms with E-state index in [4.69, 9.17) is 0 Å². The quantitative estimate of drug-likeness (QED) is 0.734. The van der Waals surface area contributed by atoms with Crippen molar-refractivity contribution in [3.05, 3.63) is 30.6 Å². The number of fused-ring (bicyclic) bond motifs is 1. The van der Waals surface area contributed by atoms with Crippen LogP contribution in [0.5, 0.6) is 0 Å². The van der Waals surface area contributed by atoms with Crippen molar-refractivity contribution in [3.63, 3.8) is 0 Å². The Kier molecular flexibility index (Phi) is 1.77. The Bertz CT molecular complexity index is 440. The lowest BCUT2D eigenvalue weighted by atomic mass is 10.2. The molecule has 2 heterocycles. The molecule has 1 atom stereocenters. The van der Waals surface area contributed by atoms with Crippen LogP contribution in [0.2, 0.25) is 0 Å². The minimum atomic E-state index is 0.586. The van der Waals surface area contributed by atoms with E-state index in [2.05, 4.69) is 33.1 Å². The number of rotatable bonds is 1. The molecular weight excluding hydrogens is 174 g/mol. The van der Waals surface area contributed by atoms with Crippen molar-refractivity contribution in [2.45, 2.75) is 12.5 Å². The summed E-state index contributed by atoms with van der Waals surface area (Å²) in [6.07, 6.45) is 3.17. The topological polar surface area (TPSA) is 29.9 Å².